The van der Waals surface area contributed by atoms with E-state index in [1.165, 1.54) is 5.56 Å². The Morgan fingerprint density at radius 1 is 1.18 bits per heavy atom. The summed E-state index contributed by atoms with van der Waals surface area (Å²) in [4.78, 5) is 0. The first-order valence-corrected chi connectivity index (χ1v) is 5.35. The van der Waals surface area contributed by atoms with Gasteiger partial charge in [0.2, 0.25) is 0 Å². The summed E-state index contributed by atoms with van der Waals surface area (Å²) in [7, 11) is 1.66. The van der Waals surface area contributed by atoms with Crippen molar-refractivity contribution in [3.8, 4) is 11.8 Å². The van der Waals surface area contributed by atoms with Gasteiger partial charge in [-0.1, -0.05) is 18.2 Å². The maximum Gasteiger partial charge on any atom is 0.118 e. The first kappa shape index (κ1) is 11.2. The van der Waals surface area contributed by atoms with Gasteiger partial charge < -0.3 is 4.74 Å². The van der Waals surface area contributed by atoms with Crippen LogP contribution in [0.15, 0.2) is 42.5 Å². The van der Waals surface area contributed by atoms with Crippen molar-refractivity contribution in [2.75, 3.05) is 7.11 Å². The average Bonchev–Trinajstić information content (AvgIpc) is 2.40. The van der Waals surface area contributed by atoms with Gasteiger partial charge in [-0.15, -0.1) is 0 Å². The molecule has 2 rings (SSSR count). The summed E-state index contributed by atoms with van der Waals surface area (Å²) in [5.41, 5.74) is 2.92. The molecule has 2 aromatic carbocycles. The van der Waals surface area contributed by atoms with Gasteiger partial charge in [0, 0.05) is 0 Å². The van der Waals surface area contributed by atoms with E-state index in [2.05, 4.69) is 12.1 Å². The second-order valence-corrected chi connectivity index (χ2v) is 3.74. The zero-order valence-electron chi connectivity index (χ0n) is 9.60. The van der Waals surface area contributed by atoms with Crippen LogP contribution < -0.4 is 4.74 Å². The number of methoxy groups -OCH3 is 1. The molecule has 2 nitrogen and oxygen atoms in total. The van der Waals surface area contributed by atoms with E-state index in [1.807, 2.05) is 36.4 Å². The van der Waals surface area contributed by atoms with Gasteiger partial charge in [-0.05, 0) is 47.9 Å². The topological polar surface area (TPSA) is 33.0 Å². The van der Waals surface area contributed by atoms with Crippen LogP contribution >= 0.6 is 0 Å². The van der Waals surface area contributed by atoms with E-state index in [1.54, 1.807) is 13.2 Å². The third-order valence-corrected chi connectivity index (χ3v) is 2.56. The first-order valence-electron chi connectivity index (χ1n) is 5.35. The normalized spacial score (nSPS) is 9.65. The maximum absolute atomic E-state index is 8.69. The number of benzene rings is 2. The molecule has 0 N–H and O–H groups in total. The third-order valence-electron chi connectivity index (χ3n) is 2.56. The Morgan fingerprint density at radius 2 is 1.94 bits per heavy atom. The van der Waals surface area contributed by atoms with Crippen LogP contribution in [-0.4, -0.2) is 7.11 Å². The minimum Gasteiger partial charge on any atom is -0.497 e. The van der Waals surface area contributed by atoms with Gasteiger partial charge in [-0.3, -0.25) is 0 Å². The third kappa shape index (κ3) is 2.85. The number of rotatable bonds is 3. The van der Waals surface area contributed by atoms with Gasteiger partial charge in [0.05, 0.1) is 18.7 Å². The zero-order valence-corrected chi connectivity index (χ0v) is 9.60. The highest BCUT2D eigenvalue weighted by Crippen LogP contribution is 2.14. The lowest BCUT2D eigenvalue weighted by atomic mass is 10.0. The van der Waals surface area contributed by atoms with Crippen molar-refractivity contribution in [1.82, 2.24) is 0 Å². The number of hydrogen-bond donors (Lipinski definition) is 0. The van der Waals surface area contributed by atoms with E-state index in [-0.39, 0.29) is 0 Å². The van der Waals surface area contributed by atoms with E-state index in [9.17, 15) is 0 Å². The standard InChI is InChI=1S/C15H12NO/c1-17-15-8-6-13(7-9-15)10-12-2-4-14(11-16)5-3-12/h2,4-9H,10H2,1H3. The first-order chi connectivity index (χ1) is 8.31. The van der Waals surface area contributed by atoms with Crippen molar-refractivity contribution in [3.63, 3.8) is 0 Å². The van der Waals surface area contributed by atoms with Crippen molar-refractivity contribution in [3.05, 3.63) is 65.2 Å². The zero-order chi connectivity index (χ0) is 12.1. The number of ether oxygens (including phenoxy) is 1. The molecule has 0 saturated heterocycles. The van der Waals surface area contributed by atoms with E-state index in [0.29, 0.717) is 5.56 Å². The fourth-order valence-corrected chi connectivity index (χ4v) is 1.60. The summed E-state index contributed by atoms with van der Waals surface area (Å²) in [5, 5.41) is 8.69. The highest BCUT2D eigenvalue weighted by molar-refractivity contribution is 5.34. The van der Waals surface area contributed by atoms with Gasteiger partial charge in [0.1, 0.15) is 5.75 Å². The van der Waals surface area contributed by atoms with Crippen molar-refractivity contribution >= 4 is 0 Å². The molecular formula is C15H12NO. The van der Waals surface area contributed by atoms with Gasteiger partial charge in [-0.25, -0.2) is 0 Å². The molecule has 2 heteroatoms. The smallest absolute Gasteiger partial charge is 0.118 e. The second kappa shape index (κ2) is 5.18. The van der Waals surface area contributed by atoms with Crippen molar-refractivity contribution in [2.45, 2.75) is 6.42 Å². The average molecular weight is 222 g/mol. The highest BCUT2D eigenvalue weighted by Gasteiger charge is 1.98. The van der Waals surface area contributed by atoms with Gasteiger partial charge >= 0.3 is 0 Å². The summed E-state index contributed by atoms with van der Waals surface area (Å²) in [6, 6.07) is 18.6. The molecule has 0 aliphatic rings. The summed E-state index contributed by atoms with van der Waals surface area (Å²) in [5.74, 6) is 0.859. The molecule has 17 heavy (non-hydrogen) atoms. The van der Waals surface area contributed by atoms with E-state index >= 15 is 0 Å². The quantitative estimate of drug-likeness (QED) is 0.799. The molecule has 0 fully saturated rings. The van der Waals surface area contributed by atoms with Gasteiger partial charge in [0.25, 0.3) is 0 Å². The summed E-state index contributed by atoms with van der Waals surface area (Å²) in [6.07, 6.45) is 0.815. The van der Waals surface area contributed by atoms with Crippen LogP contribution in [0.3, 0.4) is 0 Å². The molecule has 0 saturated carbocycles. The van der Waals surface area contributed by atoms with Crippen LogP contribution in [0.4, 0.5) is 0 Å². The Hall–Kier alpha value is -2.27. The molecule has 0 amide bonds. The minimum atomic E-state index is 0.642. The maximum atomic E-state index is 8.69. The van der Waals surface area contributed by atoms with E-state index in [4.69, 9.17) is 10.00 Å². The summed E-state index contributed by atoms with van der Waals surface area (Å²) in [6.45, 7) is 0. The lowest BCUT2D eigenvalue weighted by Crippen LogP contribution is -1.89. The number of nitriles is 1. The van der Waals surface area contributed by atoms with Crippen LogP contribution in [0.2, 0.25) is 0 Å². The lowest BCUT2D eigenvalue weighted by Gasteiger charge is -2.03. The lowest BCUT2D eigenvalue weighted by molar-refractivity contribution is 0.414. The molecule has 83 valence electrons. The molecule has 1 radical (unpaired) electrons. The highest BCUT2D eigenvalue weighted by atomic mass is 16.5. The van der Waals surface area contributed by atoms with Crippen LogP contribution in [-0.2, 0) is 6.42 Å². The Bertz CT molecular complexity index is 520. The van der Waals surface area contributed by atoms with Crippen molar-refractivity contribution in [1.29, 1.82) is 5.26 Å². The van der Waals surface area contributed by atoms with Crippen LogP contribution in [0, 0.1) is 17.4 Å². The summed E-state index contributed by atoms with van der Waals surface area (Å²) < 4.78 is 5.11. The fourth-order valence-electron chi connectivity index (χ4n) is 1.60. The van der Waals surface area contributed by atoms with Crippen molar-refractivity contribution in [2.24, 2.45) is 0 Å². The Balaban J connectivity index is 2.11. The Morgan fingerprint density at radius 3 is 2.47 bits per heavy atom. The Labute approximate surface area is 101 Å². The molecule has 0 bridgehead atoms. The molecule has 2 aromatic rings. The van der Waals surface area contributed by atoms with Gasteiger partial charge in [0.15, 0.2) is 0 Å². The molecule has 0 atom stereocenters. The van der Waals surface area contributed by atoms with E-state index < -0.39 is 0 Å². The van der Waals surface area contributed by atoms with Gasteiger partial charge in [-0.2, -0.15) is 5.26 Å². The molecule has 0 aliphatic heterocycles. The molecular weight excluding hydrogens is 210 g/mol. The predicted octanol–water partition coefficient (Wildman–Crippen LogP) is 2.96. The summed E-state index contributed by atoms with van der Waals surface area (Å²) >= 11 is 0. The van der Waals surface area contributed by atoms with Crippen molar-refractivity contribution < 1.29 is 4.74 Å². The Kier molecular flexibility index (Phi) is 3.42. The van der Waals surface area contributed by atoms with E-state index in [0.717, 1.165) is 17.7 Å². The number of nitrogens with zero attached hydrogens (tertiary/aromatic N) is 1. The molecule has 0 aromatic heterocycles. The molecule has 0 aliphatic carbocycles. The molecule has 0 spiro atoms. The van der Waals surface area contributed by atoms with Crippen LogP contribution in [0.1, 0.15) is 16.7 Å². The van der Waals surface area contributed by atoms with Crippen LogP contribution in [0.25, 0.3) is 0 Å². The molecule has 0 unspecified atom stereocenters. The fraction of sp³-hybridized carbons (Fsp3) is 0.133. The monoisotopic (exact) mass is 222 g/mol. The molecule has 0 heterocycles. The van der Waals surface area contributed by atoms with Crippen LogP contribution in [0.5, 0.6) is 5.75 Å². The predicted molar refractivity (Wildman–Crippen MR) is 65.8 cm³/mol. The number of hydrogen-bond acceptors (Lipinski definition) is 2. The second-order valence-electron chi connectivity index (χ2n) is 3.74. The SMILES string of the molecule is COc1ccc(Cc2[c]cc(C#N)cc2)cc1. The minimum absolute atomic E-state index is 0.642. The largest absolute Gasteiger partial charge is 0.497 e.